The van der Waals surface area contributed by atoms with Gasteiger partial charge in [-0.25, -0.2) is 4.98 Å². The van der Waals surface area contributed by atoms with Gasteiger partial charge in [0.25, 0.3) is 0 Å². The molecule has 2 aliphatic rings. The van der Waals surface area contributed by atoms with Crippen molar-refractivity contribution in [1.82, 2.24) is 14.8 Å². The van der Waals surface area contributed by atoms with E-state index >= 15 is 0 Å². The summed E-state index contributed by atoms with van der Waals surface area (Å²) in [5.74, 6) is 0.830. The van der Waals surface area contributed by atoms with Crippen molar-refractivity contribution in [2.75, 3.05) is 37.6 Å². The van der Waals surface area contributed by atoms with Gasteiger partial charge in [-0.2, -0.15) is 0 Å². The molecule has 0 bridgehead atoms. The molecule has 1 unspecified atom stereocenters. The topological polar surface area (TPSA) is 56.8 Å². The third-order valence-corrected chi connectivity index (χ3v) is 4.87. The van der Waals surface area contributed by atoms with Crippen molar-refractivity contribution in [1.29, 1.82) is 0 Å². The Morgan fingerprint density at radius 1 is 1.22 bits per heavy atom. The zero-order valence-corrected chi connectivity index (χ0v) is 14.0. The summed E-state index contributed by atoms with van der Waals surface area (Å²) in [6, 6.07) is 3.35. The Morgan fingerprint density at radius 2 is 1.96 bits per heavy atom. The highest BCUT2D eigenvalue weighted by Crippen LogP contribution is 2.24. The van der Waals surface area contributed by atoms with Gasteiger partial charge in [0.05, 0.1) is 5.02 Å². The van der Waals surface area contributed by atoms with E-state index in [1.165, 1.54) is 6.92 Å². The van der Waals surface area contributed by atoms with Gasteiger partial charge in [-0.1, -0.05) is 11.6 Å². The lowest BCUT2D eigenvalue weighted by Gasteiger charge is -2.37. The largest absolute Gasteiger partial charge is 0.352 e. The second kappa shape index (κ2) is 6.74. The Balaban J connectivity index is 1.62. The Bertz CT molecular complexity index is 601. The molecule has 6 nitrogen and oxygen atoms in total. The Morgan fingerprint density at radius 3 is 2.61 bits per heavy atom. The smallest absolute Gasteiger partial charge is 0.245 e. The van der Waals surface area contributed by atoms with E-state index in [-0.39, 0.29) is 17.9 Å². The number of piperazine rings is 1. The van der Waals surface area contributed by atoms with Crippen molar-refractivity contribution in [3.63, 3.8) is 0 Å². The summed E-state index contributed by atoms with van der Waals surface area (Å²) in [5, 5.41) is 0.630. The van der Waals surface area contributed by atoms with E-state index in [2.05, 4.69) is 9.88 Å². The molecule has 3 heterocycles. The number of anilines is 1. The van der Waals surface area contributed by atoms with E-state index in [4.69, 9.17) is 11.6 Å². The van der Waals surface area contributed by atoms with Crippen LogP contribution in [0.5, 0.6) is 0 Å². The number of pyridine rings is 1. The molecule has 3 rings (SSSR count). The maximum Gasteiger partial charge on any atom is 0.245 e. The molecule has 2 amide bonds. The molecule has 0 aromatic carbocycles. The van der Waals surface area contributed by atoms with E-state index in [9.17, 15) is 9.59 Å². The number of hydrogen-bond acceptors (Lipinski definition) is 4. The van der Waals surface area contributed by atoms with E-state index < -0.39 is 0 Å². The average molecular weight is 337 g/mol. The normalized spacial score (nSPS) is 21.7. The quantitative estimate of drug-likeness (QED) is 0.819. The molecule has 2 aliphatic heterocycles. The first-order valence-corrected chi connectivity index (χ1v) is 8.37. The molecular formula is C16H21ClN4O2. The molecule has 23 heavy (non-hydrogen) atoms. The summed E-state index contributed by atoms with van der Waals surface area (Å²) >= 11 is 6.19. The van der Waals surface area contributed by atoms with Gasteiger partial charge in [0, 0.05) is 45.8 Å². The lowest BCUT2D eigenvalue weighted by atomic mass is 10.1. The van der Waals surface area contributed by atoms with Crippen LogP contribution < -0.4 is 4.90 Å². The number of amides is 2. The van der Waals surface area contributed by atoms with Crippen LogP contribution in [-0.4, -0.2) is 65.4 Å². The third-order valence-electron chi connectivity index (χ3n) is 4.57. The molecule has 124 valence electrons. The first-order valence-electron chi connectivity index (χ1n) is 7.99. The number of halogens is 1. The maximum atomic E-state index is 12.7. The molecule has 1 atom stereocenters. The second-order valence-electron chi connectivity index (χ2n) is 5.99. The Hall–Kier alpha value is -1.82. The Labute approximate surface area is 141 Å². The molecule has 0 N–H and O–H groups in total. The summed E-state index contributed by atoms with van der Waals surface area (Å²) in [7, 11) is 0. The van der Waals surface area contributed by atoms with Gasteiger partial charge in [0.2, 0.25) is 11.8 Å². The number of nitrogens with zero attached hydrogens (tertiary/aromatic N) is 4. The van der Waals surface area contributed by atoms with Crippen molar-refractivity contribution in [3.05, 3.63) is 23.4 Å². The van der Waals surface area contributed by atoms with Gasteiger partial charge >= 0.3 is 0 Å². The van der Waals surface area contributed by atoms with E-state index in [1.807, 2.05) is 17.0 Å². The van der Waals surface area contributed by atoms with Crippen LogP contribution in [0, 0.1) is 0 Å². The molecule has 0 aliphatic carbocycles. The standard InChI is InChI=1S/C16H21ClN4O2/c1-12(22)21-7-3-5-14(21)16(23)20-10-8-19(9-11-20)15-13(17)4-2-6-18-15/h2,4,6,14H,3,5,7-11H2,1H3. The van der Waals surface area contributed by atoms with E-state index in [0.29, 0.717) is 37.7 Å². The zero-order valence-electron chi connectivity index (χ0n) is 13.2. The molecule has 7 heteroatoms. The van der Waals surface area contributed by atoms with E-state index in [0.717, 1.165) is 18.7 Å². The van der Waals surface area contributed by atoms with Gasteiger partial charge < -0.3 is 14.7 Å². The highest BCUT2D eigenvalue weighted by molar-refractivity contribution is 6.32. The molecule has 2 fully saturated rings. The summed E-state index contributed by atoms with van der Waals surface area (Å²) in [4.78, 5) is 34.3. The molecule has 0 radical (unpaired) electrons. The summed E-state index contributed by atoms with van der Waals surface area (Å²) in [5.41, 5.74) is 0. The molecule has 0 saturated carbocycles. The van der Waals surface area contributed by atoms with Gasteiger partial charge in [-0.05, 0) is 25.0 Å². The van der Waals surface area contributed by atoms with Crippen LogP contribution >= 0.6 is 11.6 Å². The fraction of sp³-hybridized carbons (Fsp3) is 0.562. The maximum absolute atomic E-state index is 12.7. The van der Waals surface area contributed by atoms with Crippen LogP contribution in [0.1, 0.15) is 19.8 Å². The van der Waals surface area contributed by atoms with Crippen molar-refractivity contribution < 1.29 is 9.59 Å². The molecule has 2 saturated heterocycles. The van der Waals surface area contributed by atoms with Gasteiger partial charge in [-0.3, -0.25) is 9.59 Å². The lowest BCUT2D eigenvalue weighted by molar-refractivity contribution is -0.143. The number of aromatic nitrogens is 1. The molecular weight excluding hydrogens is 316 g/mol. The predicted octanol–water partition coefficient (Wildman–Crippen LogP) is 1.39. The average Bonchev–Trinajstić information content (AvgIpc) is 3.05. The first kappa shape index (κ1) is 16.1. The molecule has 0 spiro atoms. The number of rotatable bonds is 2. The Kier molecular flexibility index (Phi) is 4.71. The molecule has 1 aromatic rings. The molecule has 1 aromatic heterocycles. The lowest BCUT2D eigenvalue weighted by Crippen LogP contribution is -2.54. The predicted molar refractivity (Wildman–Crippen MR) is 88.4 cm³/mol. The fourth-order valence-electron chi connectivity index (χ4n) is 3.36. The van der Waals surface area contributed by atoms with Crippen LogP contribution in [0.15, 0.2) is 18.3 Å². The minimum Gasteiger partial charge on any atom is -0.352 e. The van der Waals surface area contributed by atoms with Crippen LogP contribution in [-0.2, 0) is 9.59 Å². The number of likely N-dealkylation sites (tertiary alicyclic amines) is 1. The monoisotopic (exact) mass is 336 g/mol. The zero-order chi connectivity index (χ0) is 16.4. The van der Waals surface area contributed by atoms with Crippen molar-refractivity contribution in [2.45, 2.75) is 25.8 Å². The SMILES string of the molecule is CC(=O)N1CCCC1C(=O)N1CCN(c2ncccc2Cl)CC1. The van der Waals surface area contributed by atoms with Crippen LogP contribution in [0.2, 0.25) is 5.02 Å². The number of hydrogen-bond donors (Lipinski definition) is 0. The minimum absolute atomic E-state index is 0.0141. The van der Waals surface area contributed by atoms with Gasteiger partial charge in [0.1, 0.15) is 11.9 Å². The number of carbonyl (C=O) groups excluding carboxylic acids is 2. The summed E-state index contributed by atoms with van der Waals surface area (Å²) < 4.78 is 0. The van der Waals surface area contributed by atoms with Crippen LogP contribution in [0.4, 0.5) is 5.82 Å². The van der Waals surface area contributed by atoms with Crippen molar-refractivity contribution in [3.8, 4) is 0 Å². The van der Waals surface area contributed by atoms with E-state index in [1.54, 1.807) is 11.1 Å². The fourth-order valence-corrected chi connectivity index (χ4v) is 3.60. The highest BCUT2D eigenvalue weighted by Gasteiger charge is 2.36. The van der Waals surface area contributed by atoms with Crippen LogP contribution in [0.25, 0.3) is 0 Å². The van der Waals surface area contributed by atoms with Gasteiger partial charge in [0.15, 0.2) is 0 Å². The number of carbonyl (C=O) groups is 2. The van der Waals surface area contributed by atoms with Crippen molar-refractivity contribution in [2.24, 2.45) is 0 Å². The van der Waals surface area contributed by atoms with Crippen molar-refractivity contribution >= 4 is 29.2 Å². The summed E-state index contributed by atoms with van der Waals surface area (Å²) in [6.07, 6.45) is 3.40. The van der Waals surface area contributed by atoms with Gasteiger partial charge in [-0.15, -0.1) is 0 Å². The van der Waals surface area contributed by atoms with Crippen LogP contribution in [0.3, 0.4) is 0 Å². The highest BCUT2D eigenvalue weighted by atomic mass is 35.5. The third kappa shape index (κ3) is 3.27. The second-order valence-corrected chi connectivity index (χ2v) is 6.40. The first-order chi connectivity index (χ1) is 11.1. The summed E-state index contributed by atoms with van der Waals surface area (Å²) in [6.45, 7) is 4.90. The minimum atomic E-state index is -0.280.